The van der Waals surface area contributed by atoms with Gasteiger partial charge in [-0.05, 0) is 12.3 Å². The Morgan fingerprint density at radius 3 is 2.55 bits per heavy atom. The van der Waals surface area contributed by atoms with Gasteiger partial charge in [-0.2, -0.15) is 11.8 Å². The number of carboxylic acid groups (broad SMARTS) is 1. The second-order valence-corrected chi connectivity index (χ2v) is 7.03. The molecule has 20 heavy (non-hydrogen) atoms. The van der Waals surface area contributed by atoms with Crippen molar-refractivity contribution >= 4 is 29.7 Å². The van der Waals surface area contributed by atoms with Crippen molar-refractivity contribution in [1.82, 2.24) is 10.2 Å². The van der Waals surface area contributed by atoms with Gasteiger partial charge in [0.15, 0.2) is 0 Å². The molecule has 0 aromatic carbocycles. The summed E-state index contributed by atoms with van der Waals surface area (Å²) in [7, 11) is 0. The molecule has 3 amide bonds. The van der Waals surface area contributed by atoms with E-state index >= 15 is 0 Å². The molecule has 0 aromatic rings. The number of nitrogens with zero attached hydrogens (tertiary/aromatic N) is 1. The van der Waals surface area contributed by atoms with E-state index in [0.717, 1.165) is 11.5 Å². The highest BCUT2D eigenvalue weighted by atomic mass is 32.2. The SMILES string of the molecule is CC1CSCCN1C(=O)NC(=O)CC(C)(C)CC(=O)O. The molecular weight excluding hydrogens is 280 g/mol. The Morgan fingerprint density at radius 1 is 1.35 bits per heavy atom. The molecule has 0 spiro atoms. The predicted molar refractivity (Wildman–Crippen MR) is 77.7 cm³/mol. The van der Waals surface area contributed by atoms with E-state index in [2.05, 4.69) is 5.32 Å². The molecule has 0 aliphatic carbocycles. The van der Waals surface area contributed by atoms with Gasteiger partial charge < -0.3 is 10.0 Å². The first kappa shape index (κ1) is 16.8. The number of hydrogen-bond acceptors (Lipinski definition) is 4. The van der Waals surface area contributed by atoms with E-state index in [1.165, 1.54) is 0 Å². The van der Waals surface area contributed by atoms with Crippen LogP contribution in [0.5, 0.6) is 0 Å². The average molecular weight is 302 g/mol. The maximum atomic E-state index is 12.0. The highest BCUT2D eigenvalue weighted by Crippen LogP contribution is 2.24. The number of urea groups is 1. The first-order chi connectivity index (χ1) is 9.21. The van der Waals surface area contributed by atoms with Crippen molar-refractivity contribution in [2.45, 2.75) is 39.7 Å². The molecular formula is C13H22N2O4S. The third-order valence-corrected chi connectivity index (χ3v) is 4.33. The number of hydrogen-bond donors (Lipinski definition) is 2. The van der Waals surface area contributed by atoms with E-state index < -0.39 is 17.3 Å². The van der Waals surface area contributed by atoms with Crippen LogP contribution in [0.15, 0.2) is 0 Å². The lowest BCUT2D eigenvalue weighted by Crippen LogP contribution is -2.51. The zero-order valence-corrected chi connectivity index (χ0v) is 13.0. The molecule has 114 valence electrons. The fourth-order valence-corrected chi connectivity index (χ4v) is 3.18. The quantitative estimate of drug-likeness (QED) is 0.823. The predicted octanol–water partition coefficient (Wildman–Crippen LogP) is 1.55. The summed E-state index contributed by atoms with van der Waals surface area (Å²) in [6.07, 6.45) is -0.0899. The topological polar surface area (TPSA) is 86.7 Å². The number of thioether (sulfide) groups is 1. The number of imide groups is 1. The second-order valence-electron chi connectivity index (χ2n) is 5.88. The van der Waals surface area contributed by atoms with E-state index in [1.54, 1.807) is 30.5 Å². The van der Waals surface area contributed by atoms with E-state index in [-0.39, 0.29) is 24.9 Å². The summed E-state index contributed by atoms with van der Waals surface area (Å²) in [6, 6.07) is -0.275. The van der Waals surface area contributed by atoms with Gasteiger partial charge in [0.2, 0.25) is 5.91 Å². The fourth-order valence-electron chi connectivity index (χ4n) is 2.17. The number of carbonyl (C=O) groups is 3. The molecule has 1 atom stereocenters. The van der Waals surface area contributed by atoms with Gasteiger partial charge in [0.1, 0.15) is 0 Å². The van der Waals surface area contributed by atoms with Gasteiger partial charge >= 0.3 is 12.0 Å². The third kappa shape index (κ3) is 5.40. The number of amides is 3. The molecule has 1 heterocycles. The Labute approximate surface area is 123 Å². The summed E-state index contributed by atoms with van der Waals surface area (Å²) in [5, 5.41) is 11.1. The number of aliphatic carboxylic acids is 1. The second kappa shape index (κ2) is 6.97. The van der Waals surface area contributed by atoms with Gasteiger partial charge in [0.05, 0.1) is 6.42 Å². The smallest absolute Gasteiger partial charge is 0.324 e. The maximum Gasteiger partial charge on any atom is 0.324 e. The van der Waals surface area contributed by atoms with Gasteiger partial charge in [0, 0.05) is 30.5 Å². The van der Waals surface area contributed by atoms with Crippen LogP contribution in [-0.4, -0.2) is 52.0 Å². The van der Waals surface area contributed by atoms with Crippen molar-refractivity contribution in [1.29, 1.82) is 0 Å². The third-order valence-electron chi connectivity index (χ3n) is 3.14. The number of carboxylic acids is 1. The van der Waals surface area contributed by atoms with Crippen LogP contribution in [0.4, 0.5) is 4.79 Å². The van der Waals surface area contributed by atoms with Crippen LogP contribution in [0.1, 0.15) is 33.6 Å². The average Bonchev–Trinajstić information content (AvgIpc) is 2.25. The summed E-state index contributed by atoms with van der Waals surface area (Å²) in [4.78, 5) is 36.2. The molecule has 1 rings (SSSR count). The molecule has 0 saturated carbocycles. The molecule has 1 aliphatic heterocycles. The minimum absolute atomic E-state index is 0.0159. The Kier molecular flexibility index (Phi) is 5.86. The summed E-state index contributed by atoms with van der Waals surface area (Å²) < 4.78 is 0. The molecule has 2 N–H and O–H groups in total. The largest absolute Gasteiger partial charge is 0.481 e. The molecule has 1 unspecified atom stereocenters. The van der Waals surface area contributed by atoms with Crippen molar-refractivity contribution in [3.05, 3.63) is 0 Å². The zero-order chi connectivity index (χ0) is 15.3. The lowest BCUT2D eigenvalue weighted by molar-refractivity contribution is -0.139. The molecule has 0 bridgehead atoms. The number of rotatable bonds is 4. The molecule has 7 heteroatoms. The van der Waals surface area contributed by atoms with Gasteiger partial charge in [-0.15, -0.1) is 0 Å². The minimum Gasteiger partial charge on any atom is -0.481 e. The Hall–Kier alpha value is -1.24. The van der Waals surface area contributed by atoms with Crippen molar-refractivity contribution in [3.63, 3.8) is 0 Å². The molecule has 1 fully saturated rings. The van der Waals surface area contributed by atoms with Gasteiger partial charge in [-0.25, -0.2) is 4.79 Å². The van der Waals surface area contributed by atoms with Crippen LogP contribution in [0, 0.1) is 5.41 Å². The van der Waals surface area contributed by atoms with E-state index in [1.807, 2.05) is 6.92 Å². The monoisotopic (exact) mass is 302 g/mol. The normalized spacial score (nSPS) is 19.6. The van der Waals surface area contributed by atoms with Crippen LogP contribution in [0.25, 0.3) is 0 Å². The maximum absolute atomic E-state index is 12.0. The van der Waals surface area contributed by atoms with Crippen molar-refractivity contribution in [2.24, 2.45) is 5.41 Å². The summed E-state index contributed by atoms with van der Waals surface area (Å²) >= 11 is 1.79. The Bertz CT molecular complexity index is 398. The molecule has 0 aromatic heterocycles. The Morgan fingerprint density at radius 2 is 2.00 bits per heavy atom. The fraction of sp³-hybridized carbons (Fsp3) is 0.769. The van der Waals surface area contributed by atoms with Crippen LogP contribution in [0.2, 0.25) is 0 Å². The van der Waals surface area contributed by atoms with Crippen molar-refractivity contribution in [3.8, 4) is 0 Å². The Balaban J connectivity index is 2.49. The highest BCUT2D eigenvalue weighted by Gasteiger charge is 2.28. The molecule has 1 aliphatic rings. The lowest BCUT2D eigenvalue weighted by Gasteiger charge is -2.33. The van der Waals surface area contributed by atoms with Gasteiger partial charge in [-0.1, -0.05) is 13.8 Å². The summed E-state index contributed by atoms with van der Waals surface area (Å²) in [6.45, 7) is 5.98. The summed E-state index contributed by atoms with van der Waals surface area (Å²) in [5.41, 5.74) is -0.667. The van der Waals surface area contributed by atoms with Crippen LogP contribution in [0.3, 0.4) is 0 Å². The van der Waals surface area contributed by atoms with Crippen LogP contribution in [-0.2, 0) is 9.59 Å². The first-order valence-corrected chi connectivity index (χ1v) is 7.77. The van der Waals surface area contributed by atoms with Crippen LogP contribution < -0.4 is 5.32 Å². The van der Waals surface area contributed by atoms with Crippen LogP contribution >= 0.6 is 11.8 Å². The standard InChI is InChI=1S/C13H22N2O4S/c1-9-8-20-5-4-15(9)12(19)14-10(16)6-13(2,3)7-11(17)18/h9H,4-8H2,1-3H3,(H,17,18)(H,14,16,19). The zero-order valence-electron chi connectivity index (χ0n) is 12.1. The van der Waals surface area contributed by atoms with Crippen molar-refractivity contribution < 1.29 is 19.5 Å². The lowest BCUT2D eigenvalue weighted by atomic mass is 9.85. The van der Waals surface area contributed by atoms with E-state index in [9.17, 15) is 14.4 Å². The van der Waals surface area contributed by atoms with E-state index in [4.69, 9.17) is 5.11 Å². The van der Waals surface area contributed by atoms with Gasteiger partial charge in [-0.3, -0.25) is 14.9 Å². The van der Waals surface area contributed by atoms with Gasteiger partial charge in [0.25, 0.3) is 0 Å². The first-order valence-electron chi connectivity index (χ1n) is 6.61. The minimum atomic E-state index is -0.948. The molecule has 6 nitrogen and oxygen atoms in total. The van der Waals surface area contributed by atoms with Crippen molar-refractivity contribution in [2.75, 3.05) is 18.1 Å². The number of nitrogens with one attached hydrogen (secondary N) is 1. The van der Waals surface area contributed by atoms with E-state index in [0.29, 0.717) is 6.54 Å². The molecule has 1 saturated heterocycles. The highest BCUT2D eigenvalue weighted by molar-refractivity contribution is 7.99. The number of carbonyl (C=O) groups excluding carboxylic acids is 2. The molecule has 0 radical (unpaired) electrons. The summed E-state index contributed by atoms with van der Waals surface area (Å²) in [5.74, 6) is 0.366.